The summed E-state index contributed by atoms with van der Waals surface area (Å²) in [6.45, 7) is 11.2. The predicted octanol–water partition coefficient (Wildman–Crippen LogP) is 4.35. The Morgan fingerprint density at radius 2 is 1.85 bits per heavy atom. The van der Waals surface area contributed by atoms with Gasteiger partial charge in [0.05, 0.1) is 0 Å². The van der Waals surface area contributed by atoms with Crippen molar-refractivity contribution in [1.29, 1.82) is 0 Å². The first-order valence-electron chi connectivity index (χ1n) is 9.31. The van der Waals surface area contributed by atoms with Crippen LogP contribution in [0, 0.1) is 17.3 Å². The van der Waals surface area contributed by atoms with Crippen molar-refractivity contribution in [2.24, 2.45) is 17.3 Å². The van der Waals surface area contributed by atoms with Crippen LogP contribution in [0.4, 0.5) is 0 Å². The number of carbonyl (C=O) groups excluding carboxylic acids is 3. The Morgan fingerprint density at radius 3 is 2.42 bits per heavy atom. The third kappa shape index (κ3) is 4.22. The first-order valence-corrected chi connectivity index (χ1v) is 9.31. The molecule has 2 aliphatic carbocycles. The van der Waals surface area contributed by atoms with Crippen molar-refractivity contribution >= 4 is 17.5 Å². The molecule has 0 bridgehead atoms. The second-order valence-electron chi connectivity index (χ2n) is 8.32. The van der Waals surface area contributed by atoms with Crippen LogP contribution in [0.5, 0.6) is 0 Å². The molecule has 2 rings (SSSR count). The Labute approximate surface area is 156 Å². The smallest absolute Gasteiger partial charge is 0.303 e. The molecule has 0 saturated heterocycles. The van der Waals surface area contributed by atoms with Gasteiger partial charge in [0.2, 0.25) is 0 Å². The van der Waals surface area contributed by atoms with Crippen LogP contribution in [0.1, 0.15) is 60.8 Å². The molecule has 4 atom stereocenters. The molecule has 0 aromatic heterocycles. The average Bonchev–Trinajstić information content (AvgIpc) is 2.50. The van der Waals surface area contributed by atoms with Gasteiger partial charge in [-0.25, -0.2) is 0 Å². The van der Waals surface area contributed by atoms with Crippen LogP contribution < -0.4 is 0 Å². The lowest BCUT2D eigenvalue weighted by atomic mass is 9.56. The highest BCUT2D eigenvalue weighted by Crippen LogP contribution is 2.53. The molecule has 0 unspecified atom stereocenters. The number of ketones is 2. The number of carbonyl (C=O) groups is 3. The van der Waals surface area contributed by atoms with Crippen molar-refractivity contribution in [3.63, 3.8) is 0 Å². The Bertz CT molecular complexity index is 706. The number of hydrogen-bond donors (Lipinski definition) is 0. The van der Waals surface area contributed by atoms with Crippen LogP contribution in [0.2, 0.25) is 0 Å². The molecule has 0 aromatic rings. The quantitative estimate of drug-likeness (QED) is 0.554. The molecule has 2 aliphatic rings. The monoisotopic (exact) mass is 358 g/mol. The van der Waals surface area contributed by atoms with Gasteiger partial charge in [0.25, 0.3) is 0 Å². The summed E-state index contributed by atoms with van der Waals surface area (Å²) in [5.74, 6) is -0.0234. The van der Waals surface area contributed by atoms with E-state index in [2.05, 4.69) is 6.92 Å². The summed E-state index contributed by atoms with van der Waals surface area (Å²) in [5.41, 5.74) is 2.75. The van der Waals surface area contributed by atoms with Gasteiger partial charge in [-0.2, -0.15) is 0 Å². The topological polar surface area (TPSA) is 60.4 Å². The Morgan fingerprint density at radius 1 is 1.19 bits per heavy atom. The van der Waals surface area contributed by atoms with E-state index in [1.165, 1.54) is 6.92 Å². The zero-order valence-electron chi connectivity index (χ0n) is 16.7. The van der Waals surface area contributed by atoms with Gasteiger partial charge in [0.15, 0.2) is 17.7 Å². The van der Waals surface area contributed by atoms with Crippen molar-refractivity contribution in [1.82, 2.24) is 0 Å². The van der Waals surface area contributed by atoms with Gasteiger partial charge in [-0.05, 0) is 77.0 Å². The summed E-state index contributed by atoms with van der Waals surface area (Å²) in [7, 11) is 0. The molecule has 1 fully saturated rings. The SMILES string of the molecule is CC(=O)O[C@@H]1C(=O)C=C(C)[C@@H]2C[C@H](/C(C)=C/C(=O)C=C(C)C)CC[C@]12C. The lowest BCUT2D eigenvalue weighted by Crippen LogP contribution is -2.52. The Hall–Kier alpha value is -1.97. The van der Waals surface area contributed by atoms with E-state index in [4.69, 9.17) is 4.74 Å². The summed E-state index contributed by atoms with van der Waals surface area (Å²) in [6.07, 6.45) is 6.86. The summed E-state index contributed by atoms with van der Waals surface area (Å²) in [5, 5.41) is 0. The van der Waals surface area contributed by atoms with E-state index in [1.54, 1.807) is 18.2 Å². The van der Waals surface area contributed by atoms with E-state index in [0.29, 0.717) is 5.92 Å². The first-order chi connectivity index (χ1) is 12.0. The number of esters is 1. The van der Waals surface area contributed by atoms with Gasteiger partial charge in [-0.3, -0.25) is 14.4 Å². The Kier molecular flexibility index (Phi) is 6.05. The lowest BCUT2D eigenvalue weighted by molar-refractivity contribution is -0.165. The summed E-state index contributed by atoms with van der Waals surface area (Å²) >= 11 is 0. The van der Waals surface area contributed by atoms with Crippen LogP contribution >= 0.6 is 0 Å². The molecular formula is C22H30O4. The zero-order chi connectivity index (χ0) is 19.6. The van der Waals surface area contributed by atoms with Crippen LogP contribution in [0.15, 0.2) is 34.9 Å². The fourth-order valence-electron chi connectivity index (χ4n) is 4.52. The molecular weight excluding hydrogens is 328 g/mol. The van der Waals surface area contributed by atoms with Crippen LogP contribution in [0.25, 0.3) is 0 Å². The minimum atomic E-state index is -0.703. The fraction of sp³-hybridized carbons (Fsp3) is 0.591. The molecule has 142 valence electrons. The third-order valence-corrected chi connectivity index (χ3v) is 5.85. The molecule has 0 heterocycles. The number of ether oxygens (including phenoxy) is 1. The summed E-state index contributed by atoms with van der Waals surface area (Å²) in [6, 6.07) is 0. The predicted molar refractivity (Wildman–Crippen MR) is 101 cm³/mol. The molecule has 26 heavy (non-hydrogen) atoms. The number of hydrogen-bond acceptors (Lipinski definition) is 4. The average molecular weight is 358 g/mol. The molecule has 4 heteroatoms. The maximum atomic E-state index is 12.4. The molecule has 0 aliphatic heterocycles. The highest BCUT2D eigenvalue weighted by Gasteiger charge is 2.52. The molecule has 0 amide bonds. The van der Waals surface area contributed by atoms with Gasteiger partial charge in [0.1, 0.15) is 0 Å². The molecule has 4 nitrogen and oxygen atoms in total. The second-order valence-corrected chi connectivity index (χ2v) is 8.32. The van der Waals surface area contributed by atoms with Gasteiger partial charge < -0.3 is 4.74 Å². The number of allylic oxidation sites excluding steroid dienone is 5. The van der Waals surface area contributed by atoms with Crippen molar-refractivity contribution in [2.45, 2.75) is 66.9 Å². The fourth-order valence-corrected chi connectivity index (χ4v) is 4.52. The van der Waals surface area contributed by atoms with Gasteiger partial charge >= 0.3 is 5.97 Å². The summed E-state index contributed by atoms with van der Waals surface area (Å²) in [4.78, 5) is 36.0. The minimum absolute atomic E-state index is 0.0275. The Balaban J connectivity index is 2.26. The van der Waals surface area contributed by atoms with Gasteiger partial charge in [-0.1, -0.05) is 23.6 Å². The van der Waals surface area contributed by atoms with E-state index >= 15 is 0 Å². The van der Waals surface area contributed by atoms with Crippen molar-refractivity contribution in [3.05, 3.63) is 34.9 Å². The maximum absolute atomic E-state index is 12.4. The molecule has 1 saturated carbocycles. The normalized spacial score (nSPS) is 31.6. The second kappa shape index (κ2) is 7.73. The van der Waals surface area contributed by atoms with Crippen molar-refractivity contribution < 1.29 is 19.1 Å². The van der Waals surface area contributed by atoms with E-state index in [1.807, 2.05) is 27.7 Å². The molecule has 0 radical (unpaired) electrons. The molecule has 0 N–H and O–H groups in total. The zero-order valence-corrected chi connectivity index (χ0v) is 16.7. The van der Waals surface area contributed by atoms with Crippen LogP contribution in [-0.4, -0.2) is 23.6 Å². The van der Waals surface area contributed by atoms with E-state index < -0.39 is 12.1 Å². The van der Waals surface area contributed by atoms with Gasteiger partial charge in [-0.15, -0.1) is 0 Å². The van der Waals surface area contributed by atoms with E-state index in [-0.39, 0.29) is 22.9 Å². The number of fused-ring (bicyclic) bond motifs is 1. The van der Waals surface area contributed by atoms with Crippen molar-refractivity contribution in [2.75, 3.05) is 0 Å². The largest absolute Gasteiger partial charge is 0.454 e. The van der Waals surface area contributed by atoms with Crippen molar-refractivity contribution in [3.8, 4) is 0 Å². The standard InChI is InChI=1S/C22H30O4/c1-13(2)9-18(24)10-14(3)17-7-8-22(6)19(12-17)15(4)11-20(25)21(22)26-16(5)23/h9-11,17,19,21H,7-8,12H2,1-6H3/b14-10+/t17-,19+,21-,22+/m1/s1. The van der Waals surface area contributed by atoms with Crippen LogP contribution in [0.3, 0.4) is 0 Å². The van der Waals surface area contributed by atoms with Gasteiger partial charge in [0, 0.05) is 12.3 Å². The minimum Gasteiger partial charge on any atom is -0.454 e. The molecule has 0 spiro atoms. The highest BCUT2D eigenvalue weighted by atomic mass is 16.5. The summed E-state index contributed by atoms with van der Waals surface area (Å²) < 4.78 is 5.42. The first kappa shape index (κ1) is 20.3. The maximum Gasteiger partial charge on any atom is 0.303 e. The van der Waals surface area contributed by atoms with E-state index in [0.717, 1.165) is 36.0 Å². The van der Waals surface area contributed by atoms with Crippen LogP contribution in [-0.2, 0) is 19.1 Å². The third-order valence-electron chi connectivity index (χ3n) is 5.85. The van der Waals surface area contributed by atoms with E-state index in [9.17, 15) is 14.4 Å². The highest BCUT2D eigenvalue weighted by molar-refractivity contribution is 6.00. The number of rotatable bonds is 4. The lowest BCUT2D eigenvalue weighted by Gasteiger charge is -2.50. The molecule has 0 aromatic carbocycles.